The van der Waals surface area contributed by atoms with Crippen molar-refractivity contribution in [1.29, 1.82) is 5.26 Å². The summed E-state index contributed by atoms with van der Waals surface area (Å²) in [5.41, 5.74) is 4.00. The SMILES string of the molecule is [C-]#[N+]c1cc(C(C)(C)O)cc(S(=O)(=O)NC(=O)Nc2c3c(c(C#N)c4c2CCC4)CCC3)c1. The van der Waals surface area contributed by atoms with Crippen LogP contribution in [0.5, 0.6) is 0 Å². The van der Waals surface area contributed by atoms with Gasteiger partial charge >= 0.3 is 6.03 Å². The number of aliphatic hydroxyl groups is 1. The molecule has 0 heterocycles. The number of amides is 2. The van der Waals surface area contributed by atoms with Gasteiger partial charge in [-0.15, -0.1) is 0 Å². The van der Waals surface area contributed by atoms with Crippen LogP contribution in [0.3, 0.4) is 0 Å². The van der Waals surface area contributed by atoms with E-state index in [9.17, 15) is 23.6 Å². The van der Waals surface area contributed by atoms with Gasteiger partial charge in [0.25, 0.3) is 10.0 Å². The summed E-state index contributed by atoms with van der Waals surface area (Å²) in [5.74, 6) is 0. The van der Waals surface area contributed by atoms with E-state index in [4.69, 9.17) is 6.57 Å². The normalized spacial score (nSPS) is 14.7. The largest absolute Gasteiger partial charge is 0.386 e. The van der Waals surface area contributed by atoms with Gasteiger partial charge in [-0.3, -0.25) is 0 Å². The van der Waals surface area contributed by atoms with Crippen LogP contribution in [0.15, 0.2) is 23.1 Å². The Hall–Kier alpha value is -3.40. The molecule has 0 fully saturated rings. The molecule has 2 aromatic rings. The van der Waals surface area contributed by atoms with Crippen molar-refractivity contribution < 1.29 is 18.3 Å². The zero-order chi connectivity index (χ0) is 24.0. The third kappa shape index (κ3) is 4.18. The zero-order valence-corrected chi connectivity index (χ0v) is 19.3. The van der Waals surface area contributed by atoms with Crippen molar-refractivity contribution in [3.63, 3.8) is 0 Å². The van der Waals surface area contributed by atoms with Crippen molar-refractivity contribution in [2.45, 2.75) is 62.9 Å². The van der Waals surface area contributed by atoms with Gasteiger partial charge in [0.15, 0.2) is 5.69 Å². The van der Waals surface area contributed by atoms with Crippen LogP contribution >= 0.6 is 0 Å². The lowest BCUT2D eigenvalue weighted by Crippen LogP contribution is -2.35. The molecule has 0 unspecified atom stereocenters. The minimum atomic E-state index is -4.30. The Kier molecular flexibility index (Phi) is 5.65. The van der Waals surface area contributed by atoms with E-state index in [0.717, 1.165) is 66.8 Å². The molecule has 2 aliphatic carbocycles. The Morgan fingerprint density at radius 1 is 1.09 bits per heavy atom. The fraction of sp³-hybridized carbons (Fsp3) is 0.375. The highest BCUT2D eigenvalue weighted by molar-refractivity contribution is 7.90. The van der Waals surface area contributed by atoms with Crippen LogP contribution in [0, 0.1) is 17.9 Å². The van der Waals surface area contributed by atoms with Crippen molar-refractivity contribution in [1.82, 2.24) is 4.72 Å². The Bertz CT molecular complexity index is 1320. The molecule has 9 heteroatoms. The number of anilines is 1. The second kappa shape index (κ2) is 8.18. The van der Waals surface area contributed by atoms with Crippen molar-refractivity contribution in [2.24, 2.45) is 0 Å². The number of benzene rings is 2. The van der Waals surface area contributed by atoms with Crippen LogP contribution in [0.25, 0.3) is 4.85 Å². The second-order valence-electron chi connectivity index (χ2n) is 8.93. The number of nitrogens with zero attached hydrogens (tertiary/aromatic N) is 2. The van der Waals surface area contributed by atoms with Crippen molar-refractivity contribution in [2.75, 3.05) is 5.32 Å². The number of fused-ring (bicyclic) bond motifs is 2. The molecule has 33 heavy (non-hydrogen) atoms. The van der Waals surface area contributed by atoms with Crippen LogP contribution in [0.4, 0.5) is 16.2 Å². The monoisotopic (exact) mass is 464 g/mol. The van der Waals surface area contributed by atoms with Gasteiger partial charge in [-0.05, 0) is 92.3 Å². The van der Waals surface area contributed by atoms with Crippen LogP contribution in [-0.4, -0.2) is 19.6 Å². The van der Waals surface area contributed by atoms with Gasteiger partial charge in [0, 0.05) is 5.69 Å². The first-order valence-corrected chi connectivity index (χ1v) is 12.2. The minimum Gasteiger partial charge on any atom is -0.386 e. The zero-order valence-electron chi connectivity index (χ0n) is 18.4. The maximum Gasteiger partial charge on any atom is 0.333 e. The molecule has 0 atom stereocenters. The van der Waals surface area contributed by atoms with E-state index < -0.39 is 21.7 Å². The molecule has 3 N–H and O–H groups in total. The first-order valence-electron chi connectivity index (χ1n) is 10.7. The summed E-state index contributed by atoms with van der Waals surface area (Å²) in [5, 5.41) is 22.7. The molecule has 0 saturated carbocycles. The van der Waals surface area contributed by atoms with Crippen LogP contribution in [0.2, 0.25) is 0 Å². The summed E-state index contributed by atoms with van der Waals surface area (Å²) in [6.07, 6.45) is 4.74. The lowest BCUT2D eigenvalue weighted by Gasteiger charge is -2.20. The maximum absolute atomic E-state index is 12.9. The fourth-order valence-electron chi connectivity index (χ4n) is 4.72. The molecular weight excluding hydrogens is 440 g/mol. The molecule has 2 aromatic carbocycles. The molecule has 0 saturated heterocycles. The number of nitriles is 1. The van der Waals surface area contributed by atoms with Crippen molar-refractivity contribution in [3.05, 3.63) is 63.0 Å². The summed E-state index contributed by atoms with van der Waals surface area (Å²) >= 11 is 0. The van der Waals surface area contributed by atoms with E-state index >= 15 is 0 Å². The molecule has 0 spiro atoms. The number of carbonyl (C=O) groups is 1. The third-order valence-corrected chi connectivity index (χ3v) is 7.57. The Balaban J connectivity index is 1.66. The summed E-state index contributed by atoms with van der Waals surface area (Å²) < 4.78 is 27.9. The molecule has 8 nitrogen and oxygen atoms in total. The Labute approximate surface area is 193 Å². The average Bonchev–Trinajstić information content (AvgIpc) is 3.42. The van der Waals surface area contributed by atoms with Gasteiger partial charge in [0.1, 0.15) is 0 Å². The third-order valence-electron chi connectivity index (χ3n) is 6.26. The number of hydrogen-bond donors (Lipinski definition) is 3. The lowest BCUT2D eigenvalue weighted by molar-refractivity contribution is 0.0784. The van der Waals surface area contributed by atoms with E-state index in [1.807, 2.05) is 4.72 Å². The van der Waals surface area contributed by atoms with Crippen LogP contribution in [0.1, 0.15) is 60.1 Å². The number of urea groups is 1. The van der Waals surface area contributed by atoms with Gasteiger partial charge in [-0.1, -0.05) is 6.07 Å². The van der Waals surface area contributed by atoms with E-state index in [1.54, 1.807) is 0 Å². The molecule has 4 rings (SSSR count). The van der Waals surface area contributed by atoms with E-state index in [0.29, 0.717) is 11.3 Å². The van der Waals surface area contributed by atoms with Gasteiger partial charge < -0.3 is 10.4 Å². The highest BCUT2D eigenvalue weighted by Crippen LogP contribution is 2.41. The predicted molar refractivity (Wildman–Crippen MR) is 122 cm³/mol. The van der Waals surface area contributed by atoms with E-state index in [2.05, 4.69) is 16.2 Å². The summed E-state index contributed by atoms with van der Waals surface area (Å²) in [6, 6.07) is 5.25. The molecule has 0 aliphatic heterocycles. The quantitative estimate of drug-likeness (QED) is 0.594. The average molecular weight is 465 g/mol. The van der Waals surface area contributed by atoms with Crippen LogP contribution in [-0.2, 0) is 41.3 Å². The molecule has 170 valence electrons. The highest BCUT2D eigenvalue weighted by atomic mass is 32.2. The summed E-state index contributed by atoms with van der Waals surface area (Å²) in [4.78, 5) is 15.8. The first kappa shape index (κ1) is 22.8. The number of nitrogens with one attached hydrogen (secondary N) is 2. The van der Waals surface area contributed by atoms with Gasteiger partial charge in [-0.25, -0.2) is 22.8 Å². The number of hydrogen-bond acceptors (Lipinski definition) is 5. The minimum absolute atomic E-state index is 0.0399. The van der Waals surface area contributed by atoms with Gasteiger partial charge in [0.05, 0.1) is 28.7 Å². The molecule has 0 bridgehead atoms. The Morgan fingerprint density at radius 3 is 2.18 bits per heavy atom. The van der Waals surface area contributed by atoms with Crippen molar-refractivity contribution >= 4 is 27.4 Å². The predicted octanol–water partition coefficient (Wildman–Crippen LogP) is 3.82. The smallest absolute Gasteiger partial charge is 0.333 e. The maximum atomic E-state index is 12.9. The molecule has 0 aromatic heterocycles. The Morgan fingerprint density at radius 2 is 1.67 bits per heavy atom. The summed E-state index contributed by atoms with van der Waals surface area (Å²) in [6.45, 7) is 10.2. The van der Waals surface area contributed by atoms with E-state index in [1.165, 1.54) is 26.0 Å². The summed E-state index contributed by atoms with van der Waals surface area (Å²) in [7, 11) is -4.30. The fourth-order valence-corrected chi connectivity index (χ4v) is 5.69. The number of carbonyl (C=O) groups excluding carboxylic acids is 1. The van der Waals surface area contributed by atoms with Crippen molar-refractivity contribution in [3.8, 4) is 6.07 Å². The first-order chi connectivity index (χ1) is 15.5. The topological polar surface area (TPSA) is 124 Å². The number of sulfonamides is 1. The molecule has 0 radical (unpaired) electrons. The van der Waals surface area contributed by atoms with Gasteiger partial charge in [-0.2, -0.15) is 5.26 Å². The number of rotatable bonds is 4. The second-order valence-corrected chi connectivity index (χ2v) is 10.6. The van der Waals surface area contributed by atoms with E-state index in [-0.39, 0.29) is 16.1 Å². The molecule has 2 aliphatic rings. The highest BCUT2D eigenvalue weighted by Gasteiger charge is 2.30. The van der Waals surface area contributed by atoms with Gasteiger partial charge in [0.2, 0.25) is 0 Å². The standard InChI is InChI=1S/C24H24N4O4S/c1-24(2,30)14-10-15(26-3)12-16(11-14)33(31,32)28-23(29)27-22-19-8-4-6-17(19)21(13-25)18-7-5-9-20(18)22/h10-12,30H,4-9H2,1-2H3,(H2,27,28,29). The lowest BCUT2D eigenvalue weighted by atomic mass is 9.93. The molecule has 2 amide bonds. The molecular formula is C24H24N4O4S. The van der Waals surface area contributed by atoms with Crippen LogP contribution < -0.4 is 10.0 Å².